The van der Waals surface area contributed by atoms with Gasteiger partial charge in [0.2, 0.25) is 5.91 Å². The first kappa shape index (κ1) is 20.7. The molecule has 0 radical (unpaired) electrons. The number of nitrogens with zero attached hydrogens (tertiary/aromatic N) is 3. The number of nitrogens with one attached hydrogen (secondary N) is 1. The lowest BCUT2D eigenvalue weighted by Crippen LogP contribution is -2.14. The van der Waals surface area contributed by atoms with Gasteiger partial charge in [-0.05, 0) is 48.9 Å². The van der Waals surface area contributed by atoms with Crippen LogP contribution in [0.1, 0.15) is 11.4 Å². The molecule has 0 unspecified atom stereocenters. The van der Waals surface area contributed by atoms with Crippen molar-refractivity contribution < 1.29 is 18.7 Å². The first-order valence-electron chi connectivity index (χ1n) is 8.80. The summed E-state index contributed by atoms with van der Waals surface area (Å²) in [5.74, 6) is 1.58. The van der Waals surface area contributed by atoms with Gasteiger partial charge in [0, 0.05) is 12.7 Å². The van der Waals surface area contributed by atoms with Crippen LogP contribution in [0, 0.1) is 12.7 Å². The van der Waals surface area contributed by atoms with Crippen LogP contribution in [-0.4, -0.2) is 33.5 Å². The molecule has 3 aromatic rings. The molecule has 7 nitrogen and oxygen atoms in total. The number of benzene rings is 2. The average molecular weight is 416 g/mol. The number of carbonyl (C=O) groups is 1. The third-order valence-electron chi connectivity index (χ3n) is 4.14. The van der Waals surface area contributed by atoms with Crippen LogP contribution in [-0.2, 0) is 18.4 Å². The quantitative estimate of drug-likeness (QED) is 0.566. The highest BCUT2D eigenvalue weighted by atomic mass is 32.2. The van der Waals surface area contributed by atoms with Crippen LogP contribution in [0.4, 0.5) is 10.1 Å². The molecule has 29 heavy (non-hydrogen) atoms. The minimum atomic E-state index is -0.356. The van der Waals surface area contributed by atoms with E-state index in [0.717, 1.165) is 5.75 Å². The summed E-state index contributed by atoms with van der Waals surface area (Å²) >= 11 is 1.24. The molecule has 1 amide bonds. The van der Waals surface area contributed by atoms with E-state index in [-0.39, 0.29) is 24.1 Å². The number of aromatic nitrogens is 3. The Balaban J connectivity index is 1.52. The van der Waals surface area contributed by atoms with Crippen molar-refractivity contribution in [3.05, 3.63) is 59.7 Å². The monoisotopic (exact) mass is 416 g/mol. The molecule has 1 N–H and O–H groups in total. The molecule has 1 heterocycles. The molecular formula is C20H21FN4O3S. The number of thioether (sulfide) groups is 1. The molecule has 152 valence electrons. The Bertz CT molecular complexity index is 992. The van der Waals surface area contributed by atoms with Crippen molar-refractivity contribution in [2.75, 3.05) is 18.2 Å². The first-order chi connectivity index (χ1) is 14.0. The average Bonchev–Trinajstić information content (AvgIpc) is 3.07. The van der Waals surface area contributed by atoms with Gasteiger partial charge < -0.3 is 19.4 Å². The zero-order chi connectivity index (χ0) is 20.8. The van der Waals surface area contributed by atoms with E-state index in [0.29, 0.717) is 28.0 Å². The van der Waals surface area contributed by atoms with E-state index in [2.05, 4.69) is 15.5 Å². The molecule has 3 rings (SSSR count). The second-order valence-electron chi connectivity index (χ2n) is 6.22. The number of hydrogen-bond acceptors (Lipinski definition) is 6. The van der Waals surface area contributed by atoms with Gasteiger partial charge in [0.05, 0.1) is 12.9 Å². The number of hydrogen-bond donors (Lipinski definition) is 1. The Morgan fingerprint density at radius 3 is 2.59 bits per heavy atom. The van der Waals surface area contributed by atoms with Crippen LogP contribution in [0.2, 0.25) is 0 Å². The summed E-state index contributed by atoms with van der Waals surface area (Å²) in [6, 6.07) is 11.8. The molecule has 0 atom stereocenters. The zero-order valence-corrected chi connectivity index (χ0v) is 17.1. The van der Waals surface area contributed by atoms with Crippen molar-refractivity contribution in [1.82, 2.24) is 14.8 Å². The molecule has 0 saturated heterocycles. The van der Waals surface area contributed by atoms with E-state index in [9.17, 15) is 9.18 Å². The number of anilines is 1. The molecular weight excluding hydrogens is 395 g/mol. The van der Waals surface area contributed by atoms with Gasteiger partial charge in [0.1, 0.15) is 23.9 Å². The van der Waals surface area contributed by atoms with Crippen LogP contribution in [0.15, 0.2) is 47.6 Å². The molecule has 0 aliphatic rings. The standard InChI is InChI=1S/C20H21FN4O3S/c1-13-4-5-14(10-17(13)21)22-19(26)12-29-20-24-23-18(25(20)2)11-28-16-8-6-15(27-3)7-9-16/h4-10H,11-12H2,1-3H3,(H,22,26). The molecule has 0 aliphatic carbocycles. The van der Waals surface area contributed by atoms with Gasteiger partial charge in [-0.15, -0.1) is 10.2 Å². The maximum absolute atomic E-state index is 13.6. The van der Waals surface area contributed by atoms with Crippen LogP contribution < -0.4 is 14.8 Å². The number of amides is 1. The largest absolute Gasteiger partial charge is 0.497 e. The fourth-order valence-electron chi connectivity index (χ4n) is 2.41. The lowest BCUT2D eigenvalue weighted by Gasteiger charge is -2.08. The lowest BCUT2D eigenvalue weighted by atomic mass is 10.2. The number of rotatable bonds is 8. The van der Waals surface area contributed by atoms with Crippen molar-refractivity contribution >= 4 is 23.4 Å². The molecule has 0 bridgehead atoms. The number of ether oxygens (including phenoxy) is 2. The third-order valence-corrected chi connectivity index (χ3v) is 5.16. The normalized spacial score (nSPS) is 10.6. The van der Waals surface area contributed by atoms with Crippen molar-refractivity contribution in [2.45, 2.75) is 18.7 Å². The maximum Gasteiger partial charge on any atom is 0.234 e. The SMILES string of the molecule is COc1ccc(OCc2nnc(SCC(=O)Nc3ccc(C)c(F)c3)n2C)cc1. The van der Waals surface area contributed by atoms with Crippen LogP contribution in [0.5, 0.6) is 11.5 Å². The summed E-state index contributed by atoms with van der Waals surface area (Å²) in [4.78, 5) is 12.1. The zero-order valence-electron chi connectivity index (χ0n) is 16.3. The highest BCUT2D eigenvalue weighted by Crippen LogP contribution is 2.20. The van der Waals surface area contributed by atoms with Crippen molar-refractivity contribution in [3.8, 4) is 11.5 Å². The third kappa shape index (κ3) is 5.47. The van der Waals surface area contributed by atoms with E-state index in [1.807, 2.05) is 31.3 Å². The molecule has 0 fully saturated rings. The molecule has 9 heteroatoms. The Labute approximate surface area is 172 Å². The Hall–Kier alpha value is -3.07. The summed E-state index contributed by atoms with van der Waals surface area (Å²) in [6.07, 6.45) is 0. The topological polar surface area (TPSA) is 78.3 Å². The summed E-state index contributed by atoms with van der Waals surface area (Å²) in [5, 5.41) is 11.5. The highest BCUT2D eigenvalue weighted by molar-refractivity contribution is 7.99. The van der Waals surface area contributed by atoms with Gasteiger partial charge in [-0.25, -0.2) is 4.39 Å². The van der Waals surface area contributed by atoms with Gasteiger partial charge in [-0.1, -0.05) is 17.8 Å². The van der Waals surface area contributed by atoms with Crippen LogP contribution >= 0.6 is 11.8 Å². The van der Waals surface area contributed by atoms with E-state index in [1.54, 1.807) is 30.7 Å². The molecule has 0 saturated carbocycles. The van der Waals surface area contributed by atoms with Gasteiger partial charge >= 0.3 is 0 Å². The molecule has 0 aliphatic heterocycles. The minimum absolute atomic E-state index is 0.126. The van der Waals surface area contributed by atoms with Gasteiger partial charge in [-0.3, -0.25) is 4.79 Å². The maximum atomic E-state index is 13.6. The second-order valence-corrected chi connectivity index (χ2v) is 7.17. The van der Waals surface area contributed by atoms with Gasteiger partial charge in [-0.2, -0.15) is 0 Å². The number of aryl methyl sites for hydroxylation is 1. The number of halogens is 1. The Kier molecular flexibility index (Phi) is 6.71. The lowest BCUT2D eigenvalue weighted by molar-refractivity contribution is -0.113. The summed E-state index contributed by atoms with van der Waals surface area (Å²) in [5.41, 5.74) is 0.950. The fourth-order valence-corrected chi connectivity index (χ4v) is 3.14. The summed E-state index contributed by atoms with van der Waals surface area (Å²) in [7, 11) is 3.41. The van der Waals surface area contributed by atoms with Crippen molar-refractivity contribution in [1.29, 1.82) is 0 Å². The number of carbonyl (C=O) groups excluding carboxylic acids is 1. The van der Waals surface area contributed by atoms with Crippen molar-refractivity contribution in [2.24, 2.45) is 7.05 Å². The predicted molar refractivity (Wildman–Crippen MR) is 109 cm³/mol. The van der Waals surface area contributed by atoms with E-state index in [1.165, 1.54) is 17.8 Å². The number of methoxy groups -OCH3 is 1. The Morgan fingerprint density at radius 1 is 1.17 bits per heavy atom. The predicted octanol–water partition coefficient (Wildman–Crippen LogP) is 3.58. The molecule has 1 aromatic heterocycles. The van der Waals surface area contributed by atoms with E-state index < -0.39 is 0 Å². The minimum Gasteiger partial charge on any atom is -0.497 e. The van der Waals surface area contributed by atoms with Crippen LogP contribution in [0.25, 0.3) is 0 Å². The van der Waals surface area contributed by atoms with Crippen LogP contribution in [0.3, 0.4) is 0 Å². The second kappa shape index (κ2) is 9.42. The van der Waals surface area contributed by atoms with Gasteiger partial charge in [0.25, 0.3) is 0 Å². The smallest absolute Gasteiger partial charge is 0.234 e. The summed E-state index contributed by atoms with van der Waals surface area (Å²) in [6.45, 7) is 1.91. The summed E-state index contributed by atoms with van der Waals surface area (Å²) < 4.78 is 26.2. The van der Waals surface area contributed by atoms with E-state index >= 15 is 0 Å². The molecule has 2 aromatic carbocycles. The van der Waals surface area contributed by atoms with Gasteiger partial charge in [0.15, 0.2) is 11.0 Å². The highest BCUT2D eigenvalue weighted by Gasteiger charge is 2.12. The first-order valence-corrected chi connectivity index (χ1v) is 9.78. The fraction of sp³-hybridized carbons (Fsp3) is 0.250. The molecule has 0 spiro atoms. The van der Waals surface area contributed by atoms with Crippen molar-refractivity contribution in [3.63, 3.8) is 0 Å². The Morgan fingerprint density at radius 2 is 1.90 bits per heavy atom. The van der Waals surface area contributed by atoms with E-state index in [4.69, 9.17) is 9.47 Å².